The highest BCUT2D eigenvalue weighted by atomic mass is 32.2. The number of nitrogens with zero attached hydrogens (tertiary/aromatic N) is 1. The second-order valence-corrected chi connectivity index (χ2v) is 10.1. The van der Waals surface area contributed by atoms with Gasteiger partial charge in [0.25, 0.3) is 5.91 Å². The van der Waals surface area contributed by atoms with Gasteiger partial charge in [-0.15, -0.1) is 0 Å². The lowest BCUT2D eigenvalue weighted by Crippen LogP contribution is -2.41. The van der Waals surface area contributed by atoms with E-state index in [9.17, 15) is 13.2 Å². The Morgan fingerprint density at radius 3 is 2.41 bits per heavy atom. The van der Waals surface area contributed by atoms with Gasteiger partial charge < -0.3 is 16.8 Å². The molecule has 2 aromatic carbocycles. The number of benzene rings is 2. The summed E-state index contributed by atoms with van der Waals surface area (Å²) < 4.78 is 28.1. The van der Waals surface area contributed by atoms with Gasteiger partial charge in [-0.05, 0) is 43.4 Å². The second kappa shape index (κ2) is 8.76. The molecule has 0 aliphatic heterocycles. The Morgan fingerprint density at radius 2 is 1.75 bits per heavy atom. The molecule has 4 rings (SSSR count). The highest BCUT2D eigenvalue weighted by Gasteiger charge is 2.28. The minimum absolute atomic E-state index is 0.0432. The van der Waals surface area contributed by atoms with Crippen molar-refractivity contribution in [1.82, 2.24) is 9.29 Å². The molecule has 168 valence electrons. The maximum Gasteiger partial charge on any atom is 0.269 e. The Kier molecular flexibility index (Phi) is 6.03. The molecule has 0 spiro atoms. The number of amides is 1. The molecule has 0 saturated heterocycles. The van der Waals surface area contributed by atoms with Crippen LogP contribution in [0.25, 0.3) is 10.9 Å². The molecule has 32 heavy (non-hydrogen) atoms. The zero-order valence-corrected chi connectivity index (χ0v) is 18.4. The lowest BCUT2D eigenvalue weighted by Gasteiger charge is -2.27. The molecule has 1 saturated carbocycles. The zero-order chi connectivity index (χ0) is 22.9. The summed E-state index contributed by atoms with van der Waals surface area (Å²) in [5, 5.41) is 11.3. The molecule has 8 nitrogen and oxygen atoms in total. The van der Waals surface area contributed by atoms with Crippen molar-refractivity contribution in [3.63, 3.8) is 0 Å². The van der Waals surface area contributed by atoms with Gasteiger partial charge in [-0.3, -0.25) is 10.2 Å². The molecule has 1 fully saturated rings. The third-order valence-corrected chi connectivity index (χ3v) is 7.53. The highest BCUT2D eigenvalue weighted by molar-refractivity contribution is 7.89. The first-order valence-corrected chi connectivity index (χ1v) is 12.2. The van der Waals surface area contributed by atoms with Crippen molar-refractivity contribution >= 4 is 32.7 Å². The first-order chi connectivity index (χ1) is 15.2. The largest absolute Gasteiger partial charge is 0.384 e. The second-order valence-electron chi connectivity index (χ2n) is 8.31. The van der Waals surface area contributed by atoms with E-state index in [4.69, 9.17) is 16.9 Å². The number of nitrogens with one attached hydrogen (secondary N) is 2. The van der Waals surface area contributed by atoms with E-state index < -0.39 is 15.9 Å². The van der Waals surface area contributed by atoms with Crippen molar-refractivity contribution in [1.29, 1.82) is 5.41 Å². The standard InChI is InChI=1S/C23H27N5O3S/c24-18-8-10-19(11-9-18)27-23(29)21-12-16-6-7-17(22(25)26)13-20(16)28(21)32(30,31)14-15-4-2-1-3-5-15/h1-7,12-13,18-19H,8-11,14,24H2,(H3,25,26)(H,27,29)/t18-,19-. The average Bonchev–Trinajstić information content (AvgIpc) is 3.15. The molecule has 1 amide bonds. The summed E-state index contributed by atoms with van der Waals surface area (Å²) in [6.07, 6.45) is 3.17. The van der Waals surface area contributed by atoms with Crippen LogP contribution in [0.3, 0.4) is 0 Å². The lowest BCUT2D eigenvalue weighted by atomic mass is 9.92. The maximum atomic E-state index is 13.5. The topological polar surface area (TPSA) is 144 Å². The fourth-order valence-electron chi connectivity index (χ4n) is 4.17. The number of fused-ring (bicyclic) bond motifs is 1. The van der Waals surface area contributed by atoms with Crippen LogP contribution in [0.1, 0.15) is 47.3 Å². The van der Waals surface area contributed by atoms with Crippen LogP contribution in [0.4, 0.5) is 0 Å². The zero-order valence-electron chi connectivity index (χ0n) is 17.6. The molecule has 1 aliphatic rings. The predicted octanol–water partition coefficient (Wildman–Crippen LogP) is 2.30. The highest BCUT2D eigenvalue weighted by Crippen LogP contribution is 2.26. The molecule has 1 aromatic heterocycles. The number of amidine groups is 1. The van der Waals surface area contributed by atoms with Crippen LogP contribution in [0, 0.1) is 5.41 Å². The number of carbonyl (C=O) groups is 1. The molecular formula is C23H27N5O3S. The van der Waals surface area contributed by atoms with E-state index >= 15 is 0 Å². The fraction of sp³-hybridized carbons (Fsp3) is 0.304. The third kappa shape index (κ3) is 4.53. The first kappa shape index (κ1) is 22.0. The normalized spacial score (nSPS) is 19.0. The van der Waals surface area contributed by atoms with E-state index in [1.807, 2.05) is 6.07 Å². The van der Waals surface area contributed by atoms with E-state index in [0.717, 1.165) is 29.7 Å². The van der Waals surface area contributed by atoms with E-state index in [0.29, 0.717) is 22.0 Å². The van der Waals surface area contributed by atoms with Gasteiger partial charge >= 0.3 is 0 Å². The van der Waals surface area contributed by atoms with Gasteiger partial charge in [-0.25, -0.2) is 12.4 Å². The van der Waals surface area contributed by atoms with Gasteiger partial charge in [0, 0.05) is 23.0 Å². The van der Waals surface area contributed by atoms with Crippen molar-refractivity contribution in [2.75, 3.05) is 0 Å². The molecule has 1 heterocycles. The van der Waals surface area contributed by atoms with Crippen molar-refractivity contribution in [2.24, 2.45) is 11.5 Å². The third-order valence-electron chi connectivity index (χ3n) is 5.88. The van der Waals surface area contributed by atoms with E-state index in [1.165, 1.54) is 6.07 Å². The molecule has 9 heteroatoms. The van der Waals surface area contributed by atoms with Gasteiger partial charge in [0.1, 0.15) is 11.5 Å². The minimum atomic E-state index is -3.94. The van der Waals surface area contributed by atoms with Crippen LogP contribution in [-0.4, -0.2) is 36.2 Å². The number of rotatable bonds is 6. The Labute approximate surface area is 187 Å². The minimum Gasteiger partial charge on any atom is -0.384 e. The number of carbonyl (C=O) groups excluding carboxylic acids is 1. The maximum absolute atomic E-state index is 13.5. The molecule has 0 radical (unpaired) electrons. The first-order valence-electron chi connectivity index (χ1n) is 10.6. The summed E-state index contributed by atoms with van der Waals surface area (Å²) >= 11 is 0. The molecule has 0 unspecified atom stereocenters. The Morgan fingerprint density at radius 1 is 1.06 bits per heavy atom. The average molecular weight is 454 g/mol. The predicted molar refractivity (Wildman–Crippen MR) is 125 cm³/mol. The van der Waals surface area contributed by atoms with Crippen LogP contribution >= 0.6 is 0 Å². The number of aromatic nitrogens is 1. The van der Waals surface area contributed by atoms with Crippen molar-refractivity contribution < 1.29 is 13.2 Å². The van der Waals surface area contributed by atoms with Crippen molar-refractivity contribution in [2.45, 2.75) is 43.5 Å². The van der Waals surface area contributed by atoms with Gasteiger partial charge in [0.05, 0.1) is 11.3 Å². The Bertz CT molecular complexity index is 1260. The molecule has 6 N–H and O–H groups in total. The van der Waals surface area contributed by atoms with Crippen LogP contribution in [0.15, 0.2) is 54.6 Å². The quantitative estimate of drug-likeness (QED) is 0.334. The molecular weight excluding hydrogens is 426 g/mol. The van der Waals surface area contributed by atoms with E-state index in [-0.39, 0.29) is 29.4 Å². The Hall–Kier alpha value is -3.17. The summed E-state index contributed by atoms with van der Waals surface area (Å²) in [4.78, 5) is 13.2. The monoisotopic (exact) mass is 453 g/mol. The number of hydrogen-bond acceptors (Lipinski definition) is 5. The van der Waals surface area contributed by atoms with Gasteiger partial charge in [-0.1, -0.05) is 42.5 Å². The van der Waals surface area contributed by atoms with Gasteiger partial charge in [-0.2, -0.15) is 0 Å². The summed E-state index contributed by atoms with van der Waals surface area (Å²) in [5.41, 5.74) is 13.0. The lowest BCUT2D eigenvalue weighted by molar-refractivity contribution is 0.0920. The molecule has 3 aromatic rings. The van der Waals surface area contributed by atoms with Crippen molar-refractivity contribution in [3.8, 4) is 0 Å². The number of nitrogens with two attached hydrogens (primary N) is 2. The number of nitrogen functional groups attached to an aromatic ring is 1. The molecule has 0 atom stereocenters. The SMILES string of the molecule is N=C(N)c1ccc2cc(C(=O)N[C@H]3CC[C@H](N)CC3)n(S(=O)(=O)Cc3ccccc3)c2c1. The summed E-state index contributed by atoms with van der Waals surface area (Å²) in [5.74, 6) is -0.882. The van der Waals surface area contributed by atoms with E-state index in [2.05, 4.69) is 5.32 Å². The Balaban J connectivity index is 1.77. The fourth-order valence-corrected chi connectivity index (χ4v) is 5.81. The summed E-state index contributed by atoms with van der Waals surface area (Å²) in [6.45, 7) is 0. The van der Waals surface area contributed by atoms with E-state index in [1.54, 1.807) is 42.5 Å². The van der Waals surface area contributed by atoms with Gasteiger partial charge in [0.15, 0.2) is 0 Å². The van der Waals surface area contributed by atoms with Crippen LogP contribution in [0.5, 0.6) is 0 Å². The smallest absolute Gasteiger partial charge is 0.269 e. The van der Waals surface area contributed by atoms with Crippen LogP contribution in [0.2, 0.25) is 0 Å². The van der Waals surface area contributed by atoms with Crippen LogP contribution < -0.4 is 16.8 Å². The summed E-state index contributed by atoms with van der Waals surface area (Å²) in [6, 6.07) is 15.4. The van der Waals surface area contributed by atoms with Gasteiger partial charge in [0.2, 0.25) is 10.0 Å². The van der Waals surface area contributed by atoms with Crippen LogP contribution in [-0.2, 0) is 15.8 Å². The number of hydrogen-bond donors (Lipinski definition) is 4. The van der Waals surface area contributed by atoms with Crippen molar-refractivity contribution in [3.05, 3.63) is 71.4 Å². The summed E-state index contributed by atoms with van der Waals surface area (Å²) in [7, 11) is -3.94. The molecule has 1 aliphatic carbocycles. The molecule has 0 bridgehead atoms.